The normalized spacial score (nSPS) is 17.3. The fourth-order valence-electron chi connectivity index (χ4n) is 3.63. The molecule has 2 aliphatic rings. The Labute approximate surface area is 156 Å². The lowest BCUT2D eigenvalue weighted by Gasteiger charge is -2.33. The van der Waals surface area contributed by atoms with Crippen molar-refractivity contribution < 1.29 is 14.2 Å². The summed E-state index contributed by atoms with van der Waals surface area (Å²) in [5.41, 5.74) is 1.88. The molecule has 1 aromatic carbocycles. The third-order valence-electron chi connectivity index (χ3n) is 5.00. The molecular formula is C19H21N5O3. The minimum atomic E-state index is 0.180. The SMILES string of the molecule is Cc1cc2ncnn2nc1N1CCC(Oc2ccc3c(c2)OCCO3)CC1. The summed E-state index contributed by atoms with van der Waals surface area (Å²) in [7, 11) is 0. The molecule has 0 bridgehead atoms. The lowest BCUT2D eigenvalue weighted by atomic mass is 10.1. The van der Waals surface area contributed by atoms with Crippen LogP contribution in [-0.2, 0) is 0 Å². The van der Waals surface area contributed by atoms with Gasteiger partial charge in [-0.25, -0.2) is 4.98 Å². The Morgan fingerprint density at radius 2 is 1.89 bits per heavy atom. The van der Waals surface area contributed by atoms with E-state index in [0.29, 0.717) is 13.2 Å². The monoisotopic (exact) mass is 367 g/mol. The number of piperidine rings is 1. The highest BCUT2D eigenvalue weighted by molar-refractivity contribution is 5.52. The minimum Gasteiger partial charge on any atom is -0.490 e. The van der Waals surface area contributed by atoms with Crippen molar-refractivity contribution in [3.05, 3.63) is 36.2 Å². The standard InChI is InChI=1S/C19H21N5O3/c1-13-10-18-20-12-21-24(18)22-19(13)23-6-4-14(5-7-23)27-15-2-3-16-17(11-15)26-9-8-25-16/h2-3,10-12,14H,4-9H2,1H3. The van der Waals surface area contributed by atoms with Crippen LogP contribution < -0.4 is 19.1 Å². The highest BCUT2D eigenvalue weighted by atomic mass is 16.6. The van der Waals surface area contributed by atoms with Crippen molar-refractivity contribution in [1.82, 2.24) is 19.8 Å². The van der Waals surface area contributed by atoms with E-state index in [9.17, 15) is 0 Å². The fourth-order valence-corrected chi connectivity index (χ4v) is 3.63. The second-order valence-electron chi connectivity index (χ2n) is 6.87. The predicted molar refractivity (Wildman–Crippen MR) is 98.8 cm³/mol. The van der Waals surface area contributed by atoms with E-state index in [4.69, 9.17) is 14.2 Å². The summed E-state index contributed by atoms with van der Waals surface area (Å²) in [5.74, 6) is 3.34. The molecule has 1 saturated heterocycles. The van der Waals surface area contributed by atoms with Crippen molar-refractivity contribution in [2.45, 2.75) is 25.9 Å². The Morgan fingerprint density at radius 1 is 1.07 bits per heavy atom. The van der Waals surface area contributed by atoms with Gasteiger partial charge in [0.1, 0.15) is 31.4 Å². The molecular weight excluding hydrogens is 346 g/mol. The van der Waals surface area contributed by atoms with Crippen molar-refractivity contribution >= 4 is 11.5 Å². The smallest absolute Gasteiger partial charge is 0.176 e. The lowest BCUT2D eigenvalue weighted by Crippen LogP contribution is -2.39. The Kier molecular flexibility index (Phi) is 3.95. The Morgan fingerprint density at radius 3 is 2.74 bits per heavy atom. The van der Waals surface area contributed by atoms with E-state index in [1.807, 2.05) is 24.3 Å². The van der Waals surface area contributed by atoms with Gasteiger partial charge < -0.3 is 19.1 Å². The topological polar surface area (TPSA) is 74.0 Å². The summed E-state index contributed by atoms with van der Waals surface area (Å²) in [5, 5.41) is 8.76. The van der Waals surface area contributed by atoms with Gasteiger partial charge in [-0.3, -0.25) is 0 Å². The molecule has 0 spiro atoms. The quantitative estimate of drug-likeness (QED) is 0.703. The molecule has 8 nitrogen and oxygen atoms in total. The first kappa shape index (κ1) is 16.2. The molecule has 8 heteroatoms. The Balaban J connectivity index is 1.25. The molecule has 140 valence electrons. The molecule has 4 heterocycles. The predicted octanol–water partition coefficient (Wildman–Crippen LogP) is 2.25. The molecule has 2 aromatic heterocycles. The van der Waals surface area contributed by atoms with Crippen molar-refractivity contribution in [3.8, 4) is 17.2 Å². The zero-order valence-corrected chi connectivity index (χ0v) is 15.2. The highest BCUT2D eigenvalue weighted by Gasteiger charge is 2.24. The molecule has 0 aliphatic carbocycles. The number of rotatable bonds is 3. The van der Waals surface area contributed by atoms with Gasteiger partial charge in [-0.05, 0) is 30.7 Å². The van der Waals surface area contributed by atoms with Gasteiger partial charge in [-0.2, -0.15) is 0 Å². The van der Waals surface area contributed by atoms with Gasteiger partial charge in [0, 0.05) is 32.0 Å². The largest absolute Gasteiger partial charge is 0.490 e. The molecule has 1 fully saturated rings. The average Bonchev–Trinajstić information content (AvgIpc) is 3.15. The van der Waals surface area contributed by atoms with Crippen LogP contribution in [0.1, 0.15) is 18.4 Å². The van der Waals surface area contributed by atoms with Gasteiger partial charge in [-0.1, -0.05) is 0 Å². The number of hydrogen-bond acceptors (Lipinski definition) is 7. The van der Waals surface area contributed by atoms with Crippen LogP contribution in [0.25, 0.3) is 5.65 Å². The minimum absolute atomic E-state index is 0.180. The van der Waals surface area contributed by atoms with Gasteiger partial charge in [-0.15, -0.1) is 14.8 Å². The van der Waals surface area contributed by atoms with Gasteiger partial charge >= 0.3 is 0 Å². The number of fused-ring (bicyclic) bond motifs is 2. The number of anilines is 1. The summed E-state index contributed by atoms with van der Waals surface area (Å²) in [6.07, 6.45) is 3.58. The third kappa shape index (κ3) is 3.11. The second kappa shape index (κ2) is 6.61. The zero-order valence-electron chi connectivity index (χ0n) is 15.2. The molecule has 0 atom stereocenters. The van der Waals surface area contributed by atoms with Gasteiger partial charge in [0.25, 0.3) is 0 Å². The molecule has 5 rings (SSSR count). The number of nitrogens with zero attached hydrogens (tertiary/aromatic N) is 5. The average molecular weight is 367 g/mol. The Bertz CT molecular complexity index is 965. The summed E-state index contributed by atoms with van der Waals surface area (Å²) >= 11 is 0. The summed E-state index contributed by atoms with van der Waals surface area (Å²) < 4.78 is 19.0. The molecule has 0 N–H and O–H groups in total. The number of ether oxygens (including phenoxy) is 3. The van der Waals surface area contributed by atoms with Crippen LogP contribution in [-0.4, -0.2) is 52.2 Å². The van der Waals surface area contributed by atoms with E-state index in [0.717, 1.165) is 60.2 Å². The summed E-state index contributed by atoms with van der Waals surface area (Å²) in [6, 6.07) is 7.81. The van der Waals surface area contributed by atoms with Crippen LogP contribution in [0.2, 0.25) is 0 Å². The Hall–Kier alpha value is -3.03. The van der Waals surface area contributed by atoms with Crippen molar-refractivity contribution in [2.75, 3.05) is 31.2 Å². The van der Waals surface area contributed by atoms with Crippen LogP contribution in [0.15, 0.2) is 30.6 Å². The first-order valence-electron chi connectivity index (χ1n) is 9.25. The molecule has 2 aliphatic heterocycles. The van der Waals surface area contributed by atoms with Crippen molar-refractivity contribution in [3.63, 3.8) is 0 Å². The molecule has 0 unspecified atom stereocenters. The molecule has 0 saturated carbocycles. The fraction of sp³-hybridized carbons (Fsp3) is 0.421. The van der Waals surface area contributed by atoms with Crippen LogP contribution in [0, 0.1) is 6.92 Å². The maximum absolute atomic E-state index is 6.18. The van der Waals surface area contributed by atoms with E-state index < -0.39 is 0 Å². The lowest BCUT2D eigenvalue weighted by molar-refractivity contribution is 0.159. The maximum Gasteiger partial charge on any atom is 0.176 e. The van der Waals surface area contributed by atoms with Crippen LogP contribution >= 0.6 is 0 Å². The van der Waals surface area contributed by atoms with Crippen molar-refractivity contribution in [1.29, 1.82) is 0 Å². The molecule has 0 radical (unpaired) electrons. The molecule has 27 heavy (non-hydrogen) atoms. The van der Waals surface area contributed by atoms with E-state index in [1.54, 1.807) is 4.63 Å². The number of aryl methyl sites for hydroxylation is 1. The maximum atomic E-state index is 6.18. The van der Waals surface area contributed by atoms with E-state index in [1.165, 1.54) is 6.33 Å². The van der Waals surface area contributed by atoms with Gasteiger partial charge in [0.15, 0.2) is 23.0 Å². The summed E-state index contributed by atoms with van der Waals surface area (Å²) in [4.78, 5) is 6.48. The first-order valence-corrected chi connectivity index (χ1v) is 9.25. The van der Waals surface area contributed by atoms with Crippen LogP contribution in [0.3, 0.4) is 0 Å². The first-order chi connectivity index (χ1) is 13.3. The highest BCUT2D eigenvalue weighted by Crippen LogP contribution is 2.34. The van der Waals surface area contributed by atoms with E-state index in [2.05, 4.69) is 27.0 Å². The third-order valence-corrected chi connectivity index (χ3v) is 5.00. The number of benzene rings is 1. The van der Waals surface area contributed by atoms with Gasteiger partial charge in [0.2, 0.25) is 0 Å². The molecule has 0 amide bonds. The van der Waals surface area contributed by atoms with Gasteiger partial charge in [0.05, 0.1) is 0 Å². The molecule has 3 aromatic rings. The summed E-state index contributed by atoms with van der Waals surface area (Å²) in [6.45, 7) is 5.03. The number of hydrogen-bond donors (Lipinski definition) is 0. The number of aromatic nitrogens is 4. The zero-order chi connectivity index (χ0) is 18.2. The van der Waals surface area contributed by atoms with E-state index in [-0.39, 0.29) is 6.10 Å². The van der Waals surface area contributed by atoms with Crippen LogP contribution in [0.5, 0.6) is 17.2 Å². The second-order valence-corrected chi connectivity index (χ2v) is 6.87. The van der Waals surface area contributed by atoms with Crippen molar-refractivity contribution in [2.24, 2.45) is 0 Å². The van der Waals surface area contributed by atoms with E-state index >= 15 is 0 Å². The van der Waals surface area contributed by atoms with Crippen LogP contribution in [0.4, 0.5) is 5.82 Å².